The Labute approximate surface area is 181 Å². The zero-order valence-corrected chi connectivity index (χ0v) is 18.3. The lowest BCUT2D eigenvalue weighted by Crippen LogP contribution is -2.38. The molecule has 154 valence electrons. The van der Waals surface area contributed by atoms with Crippen LogP contribution in [-0.4, -0.2) is 0 Å². The quantitative estimate of drug-likeness (QED) is 0.469. The summed E-state index contributed by atoms with van der Waals surface area (Å²) in [7, 11) is 0. The molecule has 2 fully saturated rings. The summed E-state index contributed by atoms with van der Waals surface area (Å²) in [6.07, 6.45) is 7.07. The maximum Gasteiger partial charge on any atom is 0.0384 e. The molecule has 3 aromatic rings. The Hall–Kier alpha value is -2.54. The Balaban J connectivity index is 1.27. The zero-order chi connectivity index (χ0) is 20.6. The predicted molar refractivity (Wildman–Crippen MR) is 128 cm³/mol. The van der Waals surface area contributed by atoms with Gasteiger partial charge in [-0.05, 0) is 96.2 Å². The third kappa shape index (κ3) is 4.03. The van der Waals surface area contributed by atoms with Gasteiger partial charge in [-0.2, -0.15) is 0 Å². The van der Waals surface area contributed by atoms with Gasteiger partial charge in [0.25, 0.3) is 0 Å². The average molecular weight is 396 g/mol. The number of hydrogen-bond donors (Lipinski definition) is 1. The molecule has 3 aromatic carbocycles. The van der Waals surface area contributed by atoms with Crippen molar-refractivity contribution in [1.29, 1.82) is 0 Å². The number of nitrogens with one attached hydrogen (secondary N) is 1. The van der Waals surface area contributed by atoms with Crippen molar-refractivity contribution in [2.45, 2.75) is 51.4 Å². The summed E-state index contributed by atoms with van der Waals surface area (Å²) < 4.78 is 0. The van der Waals surface area contributed by atoms with Gasteiger partial charge in [0.2, 0.25) is 0 Å². The van der Waals surface area contributed by atoms with E-state index in [0.29, 0.717) is 5.41 Å². The smallest absolute Gasteiger partial charge is 0.0384 e. The van der Waals surface area contributed by atoms with Gasteiger partial charge in [0, 0.05) is 11.4 Å². The molecular formula is C29H33N. The molecule has 0 amide bonds. The van der Waals surface area contributed by atoms with E-state index < -0.39 is 0 Å². The van der Waals surface area contributed by atoms with Crippen LogP contribution in [0.25, 0.3) is 11.1 Å². The first-order chi connectivity index (χ1) is 14.6. The second-order valence-corrected chi connectivity index (χ2v) is 10.2. The van der Waals surface area contributed by atoms with E-state index in [1.165, 1.54) is 54.5 Å². The highest BCUT2D eigenvalue weighted by Gasteiger charge is 2.41. The first-order valence-electron chi connectivity index (χ1n) is 11.6. The SMILES string of the molecule is CC1CC2CC(C1)CC(C)(c1ccc(Nc3ccc(-c4ccccc4)cc3)cc1)C2. The molecular weight excluding hydrogens is 362 g/mol. The van der Waals surface area contributed by atoms with Gasteiger partial charge >= 0.3 is 0 Å². The number of anilines is 2. The average Bonchev–Trinajstić information content (AvgIpc) is 2.74. The van der Waals surface area contributed by atoms with E-state index >= 15 is 0 Å². The standard InChI is InChI=1S/C29H33N/c1-21-16-22-18-23(17-21)20-29(2,19-22)26-10-14-28(15-11-26)30-27-12-8-25(9-13-27)24-6-4-3-5-7-24/h3-15,21-23,30H,16-20H2,1-2H3. The second kappa shape index (κ2) is 7.95. The van der Waals surface area contributed by atoms with Crippen LogP contribution in [0.3, 0.4) is 0 Å². The number of hydrogen-bond acceptors (Lipinski definition) is 1. The van der Waals surface area contributed by atoms with E-state index in [9.17, 15) is 0 Å². The van der Waals surface area contributed by atoms with Gasteiger partial charge < -0.3 is 5.32 Å². The molecule has 2 unspecified atom stereocenters. The zero-order valence-electron chi connectivity index (χ0n) is 18.3. The molecule has 2 saturated carbocycles. The molecule has 5 rings (SSSR count). The van der Waals surface area contributed by atoms with E-state index in [4.69, 9.17) is 0 Å². The van der Waals surface area contributed by atoms with Crippen molar-refractivity contribution in [3.05, 3.63) is 84.4 Å². The van der Waals surface area contributed by atoms with Crippen molar-refractivity contribution >= 4 is 11.4 Å². The van der Waals surface area contributed by atoms with Crippen LogP contribution in [0.15, 0.2) is 78.9 Å². The minimum Gasteiger partial charge on any atom is -0.356 e. The maximum atomic E-state index is 3.57. The monoisotopic (exact) mass is 395 g/mol. The molecule has 1 nitrogen and oxygen atoms in total. The minimum atomic E-state index is 0.351. The van der Waals surface area contributed by atoms with Crippen LogP contribution in [-0.2, 0) is 5.41 Å². The molecule has 2 bridgehead atoms. The lowest BCUT2D eigenvalue weighted by atomic mass is 9.57. The van der Waals surface area contributed by atoms with E-state index in [1.807, 2.05) is 0 Å². The van der Waals surface area contributed by atoms with Gasteiger partial charge in [0.15, 0.2) is 0 Å². The van der Waals surface area contributed by atoms with Crippen molar-refractivity contribution in [2.24, 2.45) is 17.8 Å². The Bertz CT molecular complexity index is 953. The van der Waals surface area contributed by atoms with Crippen LogP contribution >= 0.6 is 0 Å². The summed E-state index contributed by atoms with van der Waals surface area (Å²) in [4.78, 5) is 0. The molecule has 2 aliphatic carbocycles. The fourth-order valence-corrected chi connectivity index (χ4v) is 6.32. The van der Waals surface area contributed by atoms with E-state index in [1.54, 1.807) is 0 Å². The molecule has 30 heavy (non-hydrogen) atoms. The van der Waals surface area contributed by atoms with Crippen LogP contribution in [0.2, 0.25) is 0 Å². The van der Waals surface area contributed by atoms with Crippen molar-refractivity contribution in [1.82, 2.24) is 0 Å². The Morgan fingerprint density at radius 3 is 1.80 bits per heavy atom. The van der Waals surface area contributed by atoms with Crippen LogP contribution in [0.1, 0.15) is 51.5 Å². The lowest BCUT2D eigenvalue weighted by Gasteiger charge is -2.47. The number of rotatable bonds is 4. The predicted octanol–water partition coefficient (Wildman–Crippen LogP) is 8.20. The van der Waals surface area contributed by atoms with Crippen molar-refractivity contribution in [3.63, 3.8) is 0 Å². The van der Waals surface area contributed by atoms with Crippen LogP contribution in [0, 0.1) is 17.8 Å². The second-order valence-electron chi connectivity index (χ2n) is 10.2. The summed E-state index contributed by atoms with van der Waals surface area (Å²) in [6.45, 7) is 4.96. The third-order valence-electron chi connectivity index (χ3n) is 7.48. The van der Waals surface area contributed by atoms with Crippen LogP contribution in [0.4, 0.5) is 11.4 Å². The fraction of sp³-hybridized carbons (Fsp3) is 0.379. The van der Waals surface area contributed by atoms with Gasteiger partial charge in [-0.15, -0.1) is 0 Å². The topological polar surface area (TPSA) is 12.0 Å². The first-order valence-corrected chi connectivity index (χ1v) is 11.6. The van der Waals surface area contributed by atoms with Gasteiger partial charge in [-0.25, -0.2) is 0 Å². The third-order valence-corrected chi connectivity index (χ3v) is 7.48. The molecule has 0 spiro atoms. The Kier molecular flexibility index (Phi) is 5.15. The van der Waals surface area contributed by atoms with Gasteiger partial charge in [-0.1, -0.05) is 68.4 Å². The highest BCUT2D eigenvalue weighted by molar-refractivity contribution is 5.68. The van der Waals surface area contributed by atoms with E-state index in [2.05, 4.69) is 98.0 Å². The number of benzene rings is 3. The van der Waals surface area contributed by atoms with Gasteiger partial charge in [-0.3, -0.25) is 0 Å². The minimum absolute atomic E-state index is 0.351. The van der Waals surface area contributed by atoms with E-state index in [-0.39, 0.29) is 0 Å². The van der Waals surface area contributed by atoms with Crippen molar-refractivity contribution in [3.8, 4) is 11.1 Å². The molecule has 2 atom stereocenters. The van der Waals surface area contributed by atoms with E-state index in [0.717, 1.165) is 23.4 Å². The van der Waals surface area contributed by atoms with Crippen LogP contribution in [0.5, 0.6) is 0 Å². The summed E-state index contributed by atoms with van der Waals surface area (Å²) in [5, 5.41) is 3.57. The number of fused-ring (bicyclic) bond motifs is 2. The Morgan fingerprint density at radius 2 is 1.20 bits per heavy atom. The van der Waals surface area contributed by atoms with Crippen molar-refractivity contribution in [2.75, 3.05) is 5.32 Å². The fourth-order valence-electron chi connectivity index (χ4n) is 6.32. The first kappa shape index (κ1) is 19.4. The molecule has 2 aliphatic rings. The Morgan fingerprint density at radius 1 is 0.667 bits per heavy atom. The molecule has 0 aromatic heterocycles. The molecule has 0 heterocycles. The maximum absolute atomic E-state index is 3.57. The largest absolute Gasteiger partial charge is 0.356 e. The summed E-state index contributed by atoms with van der Waals surface area (Å²) >= 11 is 0. The molecule has 1 N–H and O–H groups in total. The van der Waals surface area contributed by atoms with Gasteiger partial charge in [0.05, 0.1) is 0 Å². The highest BCUT2D eigenvalue weighted by atomic mass is 14.9. The highest BCUT2D eigenvalue weighted by Crippen LogP contribution is 2.51. The molecule has 0 aliphatic heterocycles. The molecule has 0 saturated heterocycles. The molecule has 1 heteroatoms. The summed E-state index contributed by atoms with van der Waals surface area (Å²) in [6, 6.07) is 28.5. The lowest BCUT2D eigenvalue weighted by molar-refractivity contribution is 0.0899. The summed E-state index contributed by atoms with van der Waals surface area (Å²) in [5.41, 5.74) is 6.68. The normalized spacial score (nSPS) is 28.1. The molecule has 0 radical (unpaired) electrons. The van der Waals surface area contributed by atoms with Gasteiger partial charge in [0.1, 0.15) is 0 Å². The summed E-state index contributed by atoms with van der Waals surface area (Å²) in [5.74, 6) is 2.79. The van der Waals surface area contributed by atoms with Crippen LogP contribution < -0.4 is 5.32 Å². The van der Waals surface area contributed by atoms with Crippen molar-refractivity contribution < 1.29 is 0 Å².